The van der Waals surface area contributed by atoms with E-state index in [9.17, 15) is 0 Å². The van der Waals surface area contributed by atoms with Crippen molar-refractivity contribution in [1.82, 2.24) is 0 Å². The minimum Gasteiger partial charge on any atom is -0.381 e. The third-order valence-corrected chi connectivity index (χ3v) is 3.58. The molecule has 0 fully saturated rings. The highest BCUT2D eigenvalue weighted by Crippen LogP contribution is 2.19. The summed E-state index contributed by atoms with van der Waals surface area (Å²) in [6.07, 6.45) is 0. The van der Waals surface area contributed by atoms with Crippen molar-refractivity contribution in [1.29, 1.82) is 0 Å². The van der Waals surface area contributed by atoms with Gasteiger partial charge in [-0.05, 0) is 56.0 Å². The van der Waals surface area contributed by atoms with Crippen molar-refractivity contribution >= 4 is 5.69 Å². The summed E-state index contributed by atoms with van der Waals surface area (Å²) >= 11 is 0. The molecule has 0 spiro atoms. The van der Waals surface area contributed by atoms with Gasteiger partial charge in [-0.1, -0.05) is 35.9 Å². The number of hydrogen-bond donors (Lipinski definition) is 1. The van der Waals surface area contributed by atoms with Gasteiger partial charge in [0.05, 0.1) is 0 Å². The zero-order valence-corrected chi connectivity index (χ0v) is 11.7. The summed E-state index contributed by atoms with van der Waals surface area (Å²) in [5.74, 6) is 0. The van der Waals surface area contributed by atoms with Crippen LogP contribution in [0.15, 0.2) is 36.4 Å². The molecule has 0 aliphatic carbocycles. The molecule has 0 saturated heterocycles. The average molecular weight is 239 g/mol. The Hall–Kier alpha value is -1.76. The molecule has 0 atom stereocenters. The van der Waals surface area contributed by atoms with E-state index in [1.54, 1.807) is 0 Å². The maximum absolute atomic E-state index is 3.54. The van der Waals surface area contributed by atoms with Crippen LogP contribution in [0.3, 0.4) is 0 Å². The van der Waals surface area contributed by atoms with Crippen molar-refractivity contribution in [3.63, 3.8) is 0 Å². The molecule has 94 valence electrons. The van der Waals surface area contributed by atoms with E-state index in [0.717, 1.165) is 6.54 Å². The van der Waals surface area contributed by atoms with Gasteiger partial charge in [0, 0.05) is 12.2 Å². The predicted octanol–water partition coefficient (Wildman–Crippen LogP) is 4.53. The molecule has 2 aromatic carbocycles. The van der Waals surface area contributed by atoms with Crippen LogP contribution < -0.4 is 5.32 Å². The number of anilines is 1. The van der Waals surface area contributed by atoms with E-state index in [4.69, 9.17) is 0 Å². The van der Waals surface area contributed by atoms with Crippen molar-refractivity contribution < 1.29 is 0 Å². The molecule has 0 bridgehead atoms. The first kappa shape index (κ1) is 12.7. The van der Waals surface area contributed by atoms with Gasteiger partial charge < -0.3 is 5.32 Å². The Balaban J connectivity index is 2.16. The van der Waals surface area contributed by atoms with Crippen molar-refractivity contribution in [3.05, 3.63) is 64.2 Å². The van der Waals surface area contributed by atoms with Gasteiger partial charge in [-0.25, -0.2) is 0 Å². The molecule has 0 aliphatic rings. The highest BCUT2D eigenvalue weighted by molar-refractivity contribution is 5.54. The van der Waals surface area contributed by atoms with Gasteiger partial charge in [-0.3, -0.25) is 0 Å². The van der Waals surface area contributed by atoms with Crippen LogP contribution in [-0.2, 0) is 6.54 Å². The van der Waals surface area contributed by atoms with Crippen LogP contribution in [-0.4, -0.2) is 0 Å². The van der Waals surface area contributed by atoms with Gasteiger partial charge in [0.25, 0.3) is 0 Å². The second-order valence-corrected chi connectivity index (χ2v) is 5.03. The molecule has 2 rings (SSSR count). The summed E-state index contributed by atoms with van der Waals surface area (Å²) in [7, 11) is 0. The van der Waals surface area contributed by atoms with E-state index >= 15 is 0 Å². The molecule has 1 heteroatoms. The normalized spacial score (nSPS) is 10.4. The SMILES string of the molecule is Cc1ccc(C)c(CNc2cccc(C)c2C)c1. The fourth-order valence-electron chi connectivity index (χ4n) is 2.12. The first-order valence-electron chi connectivity index (χ1n) is 6.44. The van der Waals surface area contributed by atoms with Gasteiger partial charge in [-0.2, -0.15) is 0 Å². The number of hydrogen-bond acceptors (Lipinski definition) is 1. The Morgan fingerprint density at radius 1 is 0.889 bits per heavy atom. The van der Waals surface area contributed by atoms with Gasteiger partial charge >= 0.3 is 0 Å². The lowest BCUT2D eigenvalue weighted by Crippen LogP contribution is -2.03. The molecule has 0 heterocycles. The van der Waals surface area contributed by atoms with E-state index in [2.05, 4.69) is 69.4 Å². The van der Waals surface area contributed by atoms with E-state index in [-0.39, 0.29) is 0 Å². The fraction of sp³-hybridized carbons (Fsp3) is 0.294. The number of aryl methyl sites for hydroxylation is 3. The highest BCUT2D eigenvalue weighted by atomic mass is 14.9. The molecule has 0 saturated carbocycles. The van der Waals surface area contributed by atoms with Crippen molar-refractivity contribution in [2.45, 2.75) is 34.2 Å². The third kappa shape index (κ3) is 2.73. The molecule has 18 heavy (non-hydrogen) atoms. The maximum atomic E-state index is 3.54. The molecule has 0 unspecified atom stereocenters. The molecular formula is C17H21N. The van der Waals surface area contributed by atoms with Crippen molar-refractivity contribution in [2.24, 2.45) is 0 Å². The van der Waals surface area contributed by atoms with Crippen molar-refractivity contribution in [2.75, 3.05) is 5.32 Å². The predicted molar refractivity (Wildman–Crippen MR) is 79.2 cm³/mol. The molecule has 1 nitrogen and oxygen atoms in total. The van der Waals surface area contributed by atoms with Crippen LogP contribution in [0, 0.1) is 27.7 Å². The van der Waals surface area contributed by atoms with Gasteiger partial charge in [0.1, 0.15) is 0 Å². The van der Waals surface area contributed by atoms with E-state index in [0.29, 0.717) is 0 Å². The minimum atomic E-state index is 0.887. The monoisotopic (exact) mass is 239 g/mol. The van der Waals surface area contributed by atoms with Crippen LogP contribution in [0.1, 0.15) is 27.8 Å². The lowest BCUT2D eigenvalue weighted by Gasteiger charge is -2.13. The molecule has 0 aromatic heterocycles. The van der Waals surface area contributed by atoms with E-state index in [1.165, 1.54) is 33.5 Å². The molecule has 0 amide bonds. The average Bonchev–Trinajstić information content (AvgIpc) is 2.35. The van der Waals surface area contributed by atoms with Crippen LogP contribution in [0.2, 0.25) is 0 Å². The van der Waals surface area contributed by atoms with Crippen LogP contribution in [0.5, 0.6) is 0 Å². The summed E-state index contributed by atoms with van der Waals surface area (Å²) in [6.45, 7) is 9.51. The Kier molecular flexibility index (Phi) is 3.71. The Morgan fingerprint density at radius 2 is 1.67 bits per heavy atom. The smallest absolute Gasteiger partial charge is 0.0403 e. The molecule has 0 aliphatic heterocycles. The Labute approximate surface area is 110 Å². The first-order valence-corrected chi connectivity index (χ1v) is 6.44. The van der Waals surface area contributed by atoms with Gasteiger partial charge in [0.2, 0.25) is 0 Å². The van der Waals surface area contributed by atoms with E-state index in [1.807, 2.05) is 0 Å². The van der Waals surface area contributed by atoms with Gasteiger partial charge in [0.15, 0.2) is 0 Å². The molecule has 0 radical (unpaired) electrons. The van der Waals surface area contributed by atoms with E-state index < -0.39 is 0 Å². The second-order valence-electron chi connectivity index (χ2n) is 5.03. The summed E-state index contributed by atoms with van der Waals surface area (Å²) in [5, 5.41) is 3.54. The van der Waals surface area contributed by atoms with Crippen LogP contribution in [0.4, 0.5) is 5.69 Å². The maximum Gasteiger partial charge on any atom is 0.0403 e. The quantitative estimate of drug-likeness (QED) is 0.829. The zero-order chi connectivity index (χ0) is 13.1. The fourth-order valence-corrected chi connectivity index (χ4v) is 2.12. The zero-order valence-electron chi connectivity index (χ0n) is 11.7. The molecule has 2 aromatic rings. The summed E-state index contributed by atoms with van der Waals surface area (Å²) in [6, 6.07) is 13.0. The second kappa shape index (κ2) is 5.26. The Morgan fingerprint density at radius 3 is 2.44 bits per heavy atom. The lowest BCUT2D eigenvalue weighted by atomic mass is 10.0. The number of nitrogens with one attached hydrogen (secondary N) is 1. The highest BCUT2D eigenvalue weighted by Gasteiger charge is 2.02. The first-order chi connectivity index (χ1) is 8.58. The van der Waals surface area contributed by atoms with Gasteiger partial charge in [-0.15, -0.1) is 0 Å². The minimum absolute atomic E-state index is 0.887. The largest absolute Gasteiger partial charge is 0.381 e. The summed E-state index contributed by atoms with van der Waals surface area (Å²) in [4.78, 5) is 0. The topological polar surface area (TPSA) is 12.0 Å². The van der Waals surface area contributed by atoms with Crippen LogP contribution >= 0.6 is 0 Å². The summed E-state index contributed by atoms with van der Waals surface area (Å²) < 4.78 is 0. The lowest BCUT2D eigenvalue weighted by molar-refractivity contribution is 1.10. The number of rotatable bonds is 3. The number of benzene rings is 2. The third-order valence-electron chi connectivity index (χ3n) is 3.58. The standard InChI is InChI=1S/C17H21N/c1-12-8-9-14(3)16(10-12)11-18-17-7-5-6-13(2)15(17)4/h5-10,18H,11H2,1-4H3. The van der Waals surface area contributed by atoms with Crippen LogP contribution in [0.25, 0.3) is 0 Å². The Bertz CT molecular complexity index is 554. The molecular weight excluding hydrogens is 218 g/mol. The molecule has 1 N–H and O–H groups in total. The summed E-state index contributed by atoms with van der Waals surface area (Å²) in [5.41, 5.74) is 7.94. The van der Waals surface area contributed by atoms with Crippen molar-refractivity contribution in [3.8, 4) is 0 Å².